The third-order valence-electron chi connectivity index (χ3n) is 6.36. The van der Waals surface area contributed by atoms with Gasteiger partial charge >= 0.3 is 6.09 Å². The highest BCUT2D eigenvalue weighted by atomic mass is 19.3. The maximum absolute atomic E-state index is 13.5. The number of hydrogen-bond donors (Lipinski definition) is 4. The first kappa shape index (κ1) is 22.1. The van der Waals surface area contributed by atoms with Crippen molar-refractivity contribution in [3.05, 3.63) is 42.4 Å². The second kappa shape index (κ2) is 8.54. The molecular formula is C23H24F2N6O3. The second-order valence-electron chi connectivity index (χ2n) is 8.85. The number of anilines is 1. The van der Waals surface area contributed by atoms with Crippen LogP contribution in [0.2, 0.25) is 0 Å². The van der Waals surface area contributed by atoms with E-state index in [-0.39, 0.29) is 36.4 Å². The Hall–Kier alpha value is -3.76. The molecule has 2 aromatic heterocycles. The first-order valence-electron chi connectivity index (χ1n) is 11.0. The number of pyridine rings is 1. The highest BCUT2D eigenvalue weighted by Gasteiger charge is 2.45. The van der Waals surface area contributed by atoms with Crippen LogP contribution in [-0.4, -0.2) is 58.3 Å². The summed E-state index contributed by atoms with van der Waals surface area (Å²) in [5.74, 6) is -3.04. The predicted octanol–water partition coefficient (Wildman–Crippen LogP) is 3.45. The van der Waals surface area contributed by atoms with Gasteiger partial charge in [-0.3, -0.25) is 14.9 Å². The van der Waals surface area contributed by atoms with Gasteiger partial charge in [0.15, 0.2) is 0 Å². The fourth-order valence-electron chi connectivity index (χ4n) is 4.42. The Morgan fingerprint density at radius 3 is 2.53 bits per heavy atom. The molecule has 0 spiro atoms. The van der Waals surface area contributed by atoms with E-state index >= 15 is 0 Å². The van der Waals surface area contributed by atoms with Gasteiger partial charge < -0.3 is 20.7 Å². The Kier molecular flexibility index (Phi) is 5.54. The van der Waals surface area contributed by atoms with E-state index in [9.17, 15) is 18.4 Å². The van der Waals surface area contributed by atoms with E-state index in [0.717, 1.165) is 11.1 Å². The number of methoxy groups -OCH3 is 1. The highest BCUT2D eigenvalue weighted by molar-refractivity contribution is 6.08. The molecular weight excluding hydrogens is 446 g/mol. The summed E-state index contributed by atoms with van der Waals surface area (Å²) < 4.78 is 31.6. The van der Waals surface area contributed by atoms with Crippen LogP contribution in [0.5, 0.6) is 0 Å². The number of nitrogens with zero attached hydrogens (tertiary/aromatic N) is 2. The van der Waals surface area contributed by atoms with Crippen LogP contribution in [0.4, 0.5) is 19.3 Å². The lowest BCUT2D eigenvalue weighted by Gasteiger charge is -2.37. The summed E-state index contributed by atoms with van der Waals surface area (Å²) in [5.41, 5.74) is 3.13. The number of amides is 2. The van der Waals surface area contributed by atoms with Crippen molar-refractivity contribution in [1.29, 1.82) is 0 Å². The van der Waals surface area contributed by atoms with Crippen molar-refractivity contribution in [3.8, 4) is 11.1 Å². The molecule has 2 amide bonds. The van der Waals surface area contributed by atoms with Gasteiger partial charge in [-0.1, -0.05) is 6.07 Å². The summed E-state index contributed by atoms with van der Waals surface area (Å²) in [5, 5.41) is 16.2. The zero-order valence-electron chi connectivity index (χ0n) is 18.4. The van der Waals surface area contributed by atoms with Gasteiger partial charge in [0, 0.05) is 54.3 Å². The molecule has 34 heavy (non-hydrogen) atoms. The number of benzene rings is 1. The van der Waals surface area contributed by atoms with Gasteiger partial charge in [0.1, 0.15) is 0 Å². The molecule has 0 unspecified atom stereocenters. The molecule has 0 aliphatic heterocycles. The summed E-state index contributed by atoms with van der Waals surface area (Å²) >= 11 is 0. The monoisotopic (exact) mass is 470 g/mol. The number of aromatic nitrogens is 3. The molecule has 11 heteroatoms. The quantitative estimate of drug-likeness (QED) is 0.438. The number of carbonyl (C=O) groups excluding carboxylic acids is 2. The van der Waals surface area contributed by atoms with Crippen molar-refractivity contribution in [1.82, 2.24) is 25.8 Å². The van der Waals surface area contributed by atoms with E-state index in [1.807, 2.05) is 18.2 Å². The average Bonchev–Trinajstić information content (AvgIpc) is 3.31. The molecule has 2 heterocycles. The molecule has 2 aliphatic rings. The van der Waals surface area contributed by atoms with Crippen LogP contribution in [-0.2, 0) is 4.74 Å². The summed E-state index contributed by atoms with van der Waals surface area (Å²) in [6.45, 7) is 0. The third kappa shape index (κ3) is 4.37. The fraction of sp³-hybridized carbons (Fsp3) is 0.391. The normalized spacial score (nSPS) is 21.3. The van der Waals surface area contributed by atoms with Crippen LogP contribution >= 0.6 is 0 Å². The van der Waals surface area contributed by atoms with E-state index < -0.39 is 18.1 Å². The Morgan fingerprint density at radius 1 is 1.09 bits per heavy atom. The fourth-order valence-corrected chi connectivity index (χ4v) is 4.42. The van der Waals surface area contributed by atoms with Crippen molar-refractivity contribution in [2.75, 3.05) is 12.4 Å². The molecule has 0 bridgehead atoms. The molecule has 4 N–H and O–H groups in total. The number of fused-ring (bicyclic) bond motifs is 1. The van der Waals surface area contributed by atoms with E-state index in [4.69, 9.17) is 0 Å². The van der Waals surface area contributed by atoms with Crippen molar-refractivity contribution < 1.29 is 23.1 Å². The van der Waals surface area contributed by atoms with E-state index in [2.05, 4.69) is 35.9 Å². The van der Waals surface area contributed by atoms with Crippen LogP contribution in [0.15, 0.2) is 36.8 Å². The minimum absolute atomic E-state index is 0.0696. The summed E-state index contributed by atoms with van der Waals surface area (Å²) in [4.78, 5) is 28.9. The van der Waals surface area contributed by atoms with Crippen molar-refractivity contribution >= 4 is 28.6 Å². The topological polar surface area (TPSA) is 121 Å². The summed E-state index contributed by atoms with van der Waals surface area (Å²) in [6.07, 6.45) is 4.96. The van der Waals surface area contributed by atoms with Crippen LogP contribution < -0.4 is 16.0 Å². The van der Waals surface area contributed by atoms with Crippen molar-refractivity contribution in [2.24, 2.45) is 0 Å². The molecule has 0 atom stereocenters. The van der Waals surface area contributed by atoms with E-state index in [1.54, 1.807) is 12.4 Å². The van der Waals surface area contributed by atoms with Crippen LogP contribution in [0.1, 0.15) is 36.0 Å². The SMILES string of the molecule is COC(=O)NC1CC(NC(=O)c2cnc3ccc(-c4cn[nH]c4)cc3c2NC2CC(F)(F)C2)C1. The number of aromatic amines is 1. The minimum atomic E-state index is -2.70. The third-order valence-corrected chi connectivity index (χ3v) is 6.36. The van der Waals surface area contributed by atoms with Gasteiger partial charge in [0.2, 0.25) is 0 Å². The Bertz CT molecular complexity index is 1220. The average molecular weight is 470 g/mol. The maximum atomic E-state index is 13.5. The van der Waals surface area contributed by atoms with E-state index in [1.165, 1.54) is 13.3 Å². The van der Waals surface area contributed by atoms with Crippen LogP contribution in [0.3, 0.4) is 0 Å². The number of halogens is 2. The standard InChI is InChI=1S/C23H24F2N6O3/c1-34-22(33)31-15-5-14(6-15)30-21(32)18-11-26-19-3-2-12(13-9-27-28-10-13)4-17(19)20(18)29-16-7-23(24,25)8-16/h2-4,9-11,14-16H,5-8H2,1H3,(H,26,29)(H,27,28)(H,30,32)(H,31,33). The number of H-pyrrole nitrogens is 1. The van der Waals surface area contributed by atoms with Crippen molar-refractivity contribution in [3.63, 3.8) is 0 Å². The highest BCUT2D eigenvalue weighted by Crippen LogP contribution is 2.41. The lowest BCUT2D eigenvalue weighted by molar-refractivity contribution is -0.0793. The largest absolute Gasteiger partial charge is 0.453 e. The number of rotatable bonds is 6. The van der Waals surface area contributed by atoms with E-state index in [0.29, 0.717) is 29.4 Å². The van der Waals surface area contributed by atoms with Gasteiger partial charge in [-0.15, -0.1) is 0 Å². The minimum Gasteiger partial charge on any atom is -0.453 e. The second-order valence-corrected chi connectivity index (χ2v) is 8.85. The molecule has 2 fully saturated rings. The molecule has 2 aliphatic carbocycles. The first-order valence-corrected chi connectivity index (χ1v) is 11.0. The number of alkyl carbamates (subject to hydrolysis) is 1. The number of carbonyl (C=O) groups is 2. The lowest BCUT2D eigenvalue weighted by Crippen LogP contribution is -2.53. The molecule has 0 radical (unpaired) electrons. The zero-order chi connectivity index (χ0) is 23.9. The number of hydrogen-bond acceptors (Lipinski definition) is 6. The van der Waals surface area contributed by atoms with Gasteiger partial charge in [0.25, 0.3) is 11.8 Å². The molecule has 5 rings (SSSR count). The summed E-state index contributed by atoms with van der Waals surface area (Å²) in [7, 11) is 1.30. The Labute approximate surface area is 193 Å². The molecule has 2 saturated carbocycles. The summed E-state index contributed by atoms with van der Waals surface area (Å²) in [6, 6.07) is 4.96. The van der Waals surface area contributed by atoms with Crippen molar-refractivity contribution in [2.45, 2.75) is 49.7 Å². The molecule has 178 valence electrons. The molecule has 1 aromatic carbocycles. The van der Waals surface area contributed by atoms with Gasteiger partial charge in [-0.2, -0.15) is 5.10 Å². The molecule has 3 aromatic rings. The number of alkyl halides is 2. The Balaban J connectivity index is 1.41. The number of ether oxygens (including phenoxy) is 1. The lowest BCUT2D eigenvalue weighted by atomic mass is 9.86. The van der Waals surface area contributed by atoms with Crippen LogP contribution in [0.25, 0.3) is 22.0 Å². The van der Waals surface area contributed by atoms with Gasteiger partial charge in [0.05, 0.1) is 30.1 Å². The first-order chi connectivity index (χ1) is 16.3. The zero-order valence-corrected chi connectivity index (χ0v) is 18.4. The smallest absolute Gasteiger partial charge is 0.407 e. The molecule has 9 nitrogen and oxygen atoms in total. The Morgan fingerprint density at radius 2 is 1.85 bits per heavy atom. The number of nitrogens with one attached hydrogen (secondary N) is 4. The van der Waals surface area contributed by atoms with Gasteiger partial charge in [-0.25, -0.2) is 13.6 Å². The van der Waals surface area contributed by atoms with Crippen LogP contribution in [0, 0.1) is 0 Å². The molecule has 0 saturated heterocycles. The maximum Gasteiger partial charge on any atom is 0.407 e. The predicted molar refractivity (Wildman–Crippen MR) is 121 cm³/mol. The van der Waals surface area contributed by atoms with Gasteiger partial charge in [-0.05, 0) is 30.5 Å².